The second kappa shape index (κ2) is 3.60. The highest BCUT2D eigenvalue weighted by Gasteiger charge is 2.56. The Balaban J connectivity index is 2.57. The lowest BCUT2D eigenvalue weighted by molar-refractivity contribution is -0.160. The van der Waals surface area contributed by atoms with Crippen molar-refractivity contribution < 1.29 is 18.3 Å². The number of hydrogen-bond donors (Lipinski definition) is 0. The van der Waals surface area contributed by atoms with Gasteiger partial charge in [0.2, 0.25) is 0 Å². The van der Waals surface area contributed by atoms with Crippen molar-refractivity contribution in [2.45, 2.75) is 45.1 Å². The fourth-order valence-corrected chi connectivity index (χ4v) is 1.45. The number of halogens is 2. The average Bonchev–Trinajstić information content (AvgIpc) is 2.26. The first kappa shape index (κ1) is 10.4. The van der Waals surface area contributed by atoms with E-state index in [1.54, 1.807) is 0 Å². The van der Waals surface area contributed by atoms with E-state index in [0.29, 0.717) is 6.42 Å². The molecule has 1 saturated heterocycles. The van der Waals surface area contributed by atoms with Gasteiger partial charge in [0.25, 0.3) is 0 Å². The lowest BCUT2D eigenvalue weighted by atomic mass is 9.96. The zero-order chi connectivity index (χ0) is 10.1. The summed E-state index contributed by atoms with van der Waals surface area (Å²) < 4.78 is 30.5. The Kier molecular flexibility index (Phi) is 2.88. The van der Waals surface area contributed by atoms with Crippen LogP contribution in [-0.4, -0.2) is 18.0 Å². The second-order valence-electron chi connectivity index (χ2n) is 3.50. The summed E-state index contributed by atoms with van der Waals surface area (Å²) in [5.41, 5.74) is 0. The molecule has 0 saturated carbocycles. The quantitative estimate of drug-likeness (QED) is 0.642. The van der Waals surface area contributed by atoms with Crippen LogP contribution < -0.4 is 0 Å². The Labute approximate surface area is 76.3 Å². The van der Waals surface area contributed by atoms with Gasteiger partial charge in [-0.15, -0.1) is 0 Å². The molecule has 4 heteroatoms. The molecule has 0 N–H and O–H groups in total. The molecular weight excluding hydrogens is 178 g/mol. The molecule has 0 amide bonds. The van der Waals surface area contributed by atoms with Crippen LogP contribution in [0.2, 0.25) is 0 Å². The predicted molar refractivity (Wildman–Crippen MR) is 43.5 cm³/mol. The zero-order valence-electron chi connectivity index (χ0n) is 7.85. The Hall–Kier alpha value is -0.670. The summed E-state index contributed by atoms with van der Waals surface area (Å²) in [6, 6.07) is 0. The molecule has 2 nitrogen and oxygen atoms in total. The van der Waals surface area contributed by atoms with E-state index in [2.05, 4.69) is 4.74 Å². The monoisotopic (exact) mass is 192 g/mol. The third kappa shape index (κ3) is 1.81. The van der Waals surface area contributed by atoms with Gasteiger partial charge in [-0.1, -0.05) is 26.7 Å². The van der Waals surface area contributed by atoms with Crippen molar-refractivity contribution in [3.63, 3.8) is 0 Å². The maximum atomic E-state index is 12.9. The number of rotatable bonds is 3. The third-order valence-electron chi connectivity index (χ3n) is 2.50. The lowest BCUT2D eigenvalue weighted by Gasteiger charge is -2.14. The van der Waals surface area contributed by atoms with E-state index < -0.39 is 23.9 Å². The minimum atomic E-state index is -3.28. The largest absolute Gasteiger partial charge is 0.457 e. The molecule has 0 aromatic heterocycles. The van der Waals surface area contributed by atoms with Gasteiger partial charge >= 0.3 is 11.9 Å². The molecule has 0 aromatic carbocycles. The maximum Gasteiger partial charge on any atom is 0.377 e. The van der Waals surface area contributed by atoms with Gasteiger partial charge in [-0.2, -0.15) is 8.78 Å². The van der Waals surface area contributed by atoms with Crippen LogP contribution in [0.4, 0.5) is 8.78 Å². The van der Waals surface area contributed by atoms with E-state index in [1.165, 1.54) is 6.92 Å². The molecule has 0 unspecified atom stereocenters. The van der Waals surface area contributed by atoms with E-state index in [4.69, 9.17) is 0 Å². The van der Waals surface area contributed by atoms with Gasteiger partial charge in [0.15, 0.2) is 0 Å². The van der Waals surface area contributed by atoms with Gasteiger partial charge in [0.1, 0.15) is 6.10 Å². The van der Waals surface area contributed by atoms with Crippen molar-refractivity contribution >= 4 is 5.97 Å². The molecule has 1 rings (SSSR count). The van der Waals surface area contributed by atoms with Gasteiger partial charge in [-0.25, -0.2) is 4.79 Å². The van der Waals surface area contributed by atoms with E-state index in [1.807, 2.05) is 6.92 Å². The minimum Gasteiger partial charge on any atom is -0.457 e. The van der Waals surface area contributed by atoms with Crippen LogP contribution in [0, 0.1) is 5.92 Å². The molecular formula is C9H14F2O2. The SMILES string of the molecule is CCCC[C@@H]1OC(=O)C(F)(F)[C@H]1C. The standard InChI is InChI=1S/C9H14F2O2/c1-3-4-5-7-6(2)9(10,11)8(12)13-7/h6-7H,3-5H2,1-2H3/t6-,7-/m0/s1. The number of alkyl halides is 2. The van der Waals surface area contributed by atoms with Crippen LogP contribution in [0.25, 0.3) is 0 Å². The van der Waals surface area contributed by atoms with Crippen molar-refractivity contribution in [3.05, 3.63) is 0 Å². The highest BCUT2D eigenvalue weighted by Crippen LogP contribution is 2.38. The van der Waals surface area contributed by atoms with Gasteiger partial charge in [-0.3, -0.25) is 0 Å². The molecule has 13 heavy (non-hydrogen) atoms. The highest BCUT2D eigenvalue weighted by atomic mass is 19.3. The van der Waals surface area contributed by atoms with Crippen molar-refractivity contribution in [2.24, 2.45) is 5.92 Å². The summed E-state index contributed by atoms with van der Waals surface area (Å²) in [6.07, 6.45) is 1.69. The number of ether oxygens (including phenoxy) is 1. The van der Waals surface area contributed by atoms with E-state index in [-0.39, 0.29) is 0 Å². The van der Waals surface area contributed by atoms with Crippen LogP contribution in [0.5, 0.6) is 0 Å². The van der Waals surface area contributed by atoms with Gasteiger partial charge in [0, 0.05) is 0 Å². The summed E-state index contributed by atoms with van der Waals surface area (Å²) in [5, 5.41) is 0. The number of unbranched alkanes of at least 4 members (excludes halogenated alkanes) is 1. The number of esters is 1. The molecule has 1 fully saturated rings. The predicted octanol–water partition coefficient (Wildman–Crippen LogP) is 2.37. The first-order valence-corrected chi connectivity index (χ1v) is 4.59. The topological polar surface area (TPSA) is 26.3 Å². The number of cyclic esters (lactones) is 1. The van der Waals surface area contributed by atoms with Gasteiger partial charge in [-0.05, 0) is 6.42 Å². The fourth-order valence-electron chi connectivity index (χ4n) is 1.45. The highest BCUT2D eigenvalue weighted by molar-refractivity contribution is 5.80. The van der Waals surface area contributed by atoms with E-state index in [0.717, 1.165) is 12.8 Å². The Morgan fingerprint density at radius 3 is 2.54 bits per heavy atom. The molecule has 1 heterocycles. The van der Waals surface area contributed by atoms with Crippen molar-refractivity contribution in [2.75, 3.05) is 0 Å². The molecule has 0 radical (unpaired) electrons. The van der Waals surface area contributed by atoms with Crippen molar-refractivity contribution in [3.8, 4) is 0 Å². The minimum absolute atomic E-state index is 0.541. The fraction of sp³-hybridized carbons (Fsp3) is 0.889. The number of hydrogen-bond acceptors (Lipinski definition) is 2. The molecule has 1 aliphatic heterocycles. The molecule has 2 atom stereocenters. The summed E-state index contributed by atoms with van der Waals surface area (Å²) in [4.78, 5) is 10.7. The van der Waals surface area contributed by atoms with Gasteiger partial charge < -0.3 is 4.74 Å². The number of carbonyl (C=O) groups is 1. The smallest absolute Gasteiger partial charge is 0.377 e. The third-order valence-corrected chi connectivity index (χ3v) is 2.50. The van der Waals surface area contributed by atoms with Gasteiger partial charge in [0.05, 0.1) is 5.92 Å². The van der Waals surface area contributed by atoms with Crippen LogP contribution in [0.1, 0.15) is 33.1 Å². The van der Waals surface area contributed by atoms with Crippen LogP contribution in [0.15, 0.2) is 0 Å². The molecule has 0 spiro atoms. The molecule has 0 bridgehead atoms. The van der Waals surface area contributed by atoms with E-state index in [9.17, 15) is 13.6 Å². The molecule has 1 aliphatic rings. The van der Waals surface area contributed by atoms with Crippen LogP contribution >= 0.6 is 0 Å². The molecule has 0 aliphatic carbocycles. The van der Waals surface area contributed by atoms with Crippen LogP contribution in [-0.2, 0) is 9.53 Å². The Morgan fingerprint density at radius 1 is 1.54 bits per heavy atom. The summed E-state index contributed by atoms with van der Waals surface area (Å²) in [5.74, 6) is -5.62. The first-order chi connectivity index (χ1) is 6.00. The summed E-state index contributed by atoms with van der Waals surface area (Å²) in [6.45, 7) is 3.34. The van der Waals surface area contributed by atoms with Crippen molar-refractivity contribution in [1.29, 1.82) is 0 Å². The zero-order valence-corrected chi connectivity index (χ0v) is 7.85. The lowest BCUT2D eigenvalue weighted by Crippen LogP contribution is -2.30. The summed E-state index contributed by atoms with van der Waals surface area (Å²) >= 11 is 0. The second-order valence-corrected chi connectivity index (χ2v) is 3.50. The molecule has 76 valence electrons. The number of carbonyl (C=O) groups excluding carboxylic acids is 1. The van der Waals surface area contributed by atoms with Crippen LogP contribution in [0.3, 0.4) is 0 Å². The normalized spacial score (nSPS) is 31.8. The maximum absolute atomic E-state index is 12.9. The first-order valence-electron chi connectivity index (χ1n) is 4.59. The average molecular weight is 192 g/mol. The Bertz CT molecular complexity index is 204. The van der Waals surface area contributed by atoms with Crippen molar-refractivity contribution in [1.82, 2.24) is 0 Å². The Morgan fingerprint density at radius 2 is 2.15 bits per heavy atom. The molecule has 0 aromatic rings. The summed E-state index contributed by atoms with van der Waals surface area (Å²) in [7, 11) is 0. The van der Waals surface area contributed by atoms with E-state index >= 15 is 0 Å².